The molecule has 0 saturated carbocycles. The first kappa shape index (κ1) is 30.7. The first-order valence-corrected chi connectivity index (χ1v) is 11.8. The van der Waals surface area contributed by atoms with Crippen LogP contribution in [0.5, 0.6) is 0 Å². The van der Waals surface area contributed by atoms with E-state index in [4.69, 9.17) is 4.74 Å². The molecule has 1 aromatic carbocycles. The van der Waals surface area contributed by atoms with Gasteiger partial charge in [-0.25, -0.2) is 15.0 Å². The Labute approximate surface area is 246 Å². The van der Waals surface area contributed by atoms with Gasteiger partial charge in [0.05, 0.1) is 25.7 Å². The van der Waals surface area contributed by atoms with E-state index in [0.717, 1.165) is 5.56 Å². The van der Waals surface area contributed by atoms with Gasteiger partial charge in [0, 0.05) is 17.9 Å². The number of fused-ring (bicyclic) bond motifs is 1. The van der Waals surface area contributed by atoms with Crippen molar-refractivity contribution in [1.29, 1.82) is 0 Å². The average Bonchev–Trinajstić information content (AvgIpc) is 3.32. The number of hydrogen-bond acceptors (Lipinski definition) is 13. The van der Waals surface area contributed by atoms with Crippen molar-refractivity contribution >= 4 is 36.4 Å². The van der Waals surface area contributed by atoms with E-state index in [1.165, 1.54) is 41.1 Å². The summed E-state index contributed by atoms with van der Waals surface area (Å²) in [6.45, 7) is -0.753. The van der Waals surface area contributed by atoms with Crippen LogP contribution >= 0.6 is 19.6 Å². The van der Waals surface area contributed by atoms with Crippen LogP contribution in [-0.4, -0.2) is 59.6 Å². The Morgan fingerprint density at radius 3 is 2.46 bits per heavy atom. The predicted molar refractivity (Wildman–Crippen MR) is 107 cm³/mol. The largest absolute Gasteiger partial charge is 1.00 e. The molecule has 0 spiro atoms. The van der Waals surface area contributed by atoms with E-state index in [2.05, 4.69) is 19.5 Å². The fraction of sp³-hybridized carbons (Fsp3) is 0.353. The molecule has 1 unspecified atom stereocenters. The van der Waals surface area contributed by atoms with Gasteiger partial charge in [0.1, 0.15) is 35.2 Å². The molecule has 0 radical (unpaired) electrons. The van der Waals surface area contributed by atoms with Gasteiger partial charge in [-0.3, -0.25) is 14.7 Å². The summed E-state index contributed by atoms with van der Waals surface area (Å²) >= 11 is 1.32. The van der Waals surface area contributed by atoms with Crippen LogP contribution < -0.4 is 68.9 Å². The second-order valence-corrected chi connectivity index (χ2v) is 9.12. The number of thioether (sulfide) groups is 1. The molecule has 35 heavy (non-hydrogen) atoms. The molecular weight excluding hydrogens is 527 g/mol. The first-order chi connectivity index (χ1) is 15.6. The standard InChI is InChI=1S/C17H18N5O9PS.2Na/c23-13-11(5-30-32(27,28)29)31-17(14(13)24)21-8-20-12-15(21)18-7-19-16(12)33-6-9-1-3-10(4-2-9)22(25)26;;/h1-4,7-8,11,13-14,17,23-24H,5-6H2,(H2,27,28,29);;/q;2*+1/p-2/t11-,13+,14?,17-;;/m1../s1. The van der Waals surface area contributed by atoms with Gasteiger partial charge in [-0.15, -0.1) is 0 Å². The molecule has 0 bridgehead atoms. The fourth-order valence-electron chi connectivity index (χ4n) is 3.25. The number of nitro benzene ring substituents is 1. The van der Waals surface area contributed by atoms with Gasteiger partial charge in [0.15, 0.2) is 11.9 Å². The number of nitrogens with zero attached hydrogens (tertiary/aromatic N) is 5. The van der Waals surface area contributed by atoms with Gasteiger partial charge in [0.2, 0.25) is 0 Å². The summed E-state index contributed by atoms with van der Waals surface area (Å²) in [5.74, 6) is 0.447. The molecule has 4 rings (SSSR count). The molecule has 2 aromatic heterocycles. The van der Waals surface area contributed by atoms with E-state index in [1.54, 1.807) is 12.1 Å². The van der Waals surface area contributed by atoms with Crippen LogP contribution in [0.25, 0.3) is 11.2 Å². The van der Waals surface area contributed by atoms with E-state index in [-0.39, 0.29) is 70.4 Å². The topological polar surface area (TPSA) is 209 Å². The summed E-state index contributed by atoms with van der Waals surface area (Å²) in [4.78, 5) is 44.3. The smallest absolute Gasteiger partial charge is 0.790 e. The number of aliphatic hydroxyl groups excluding tert-OH is 2. The summed E-state index contributed by atoms with van der Waals surface area (Å²) < 4.78 is 21.7. The summed E-state index contributed by atoms with van der Waals surface area (Å²) in [7, 11) is -5.28. The number of non-ortho nitro benzene ring substituents is 1. The van der Waals surface area contributed by atoms with E-state index in [0.29, 0.717) is 16.3 Å². The van der Waals surface area contributed by atoms with Gasteiger partial charge in [0.25, 0.3) is 5.69 Å². The number of imidazole rings is 1. The van der Waals surface area contributed by atoms with Crippen molar-refractivity contribution in [2.24, 2.45) is 0 Å². The molecule has 1 aliphatic heterocycles. The zero-order chi connectivity index (χ0) is 23.8. The number of aliphatic hydroxyl groups is 2. The number of phosphoric acid groups is 1. The van der Waals surface area contributed by atoms with Crippen LogP contribution in [0.4, 0.5) is 5.69 Å². The minimum Gasteiger partial charge on any atom is -0.790 e. The van der Waals surface area contributed by atoms with Crippen LogP contribution in [0.3, 0.4) is 0 Å². The van der Waals surface area contributed by atoms with Crippen LogP contribution in [0, 0.1) is 10.1 Å². The maximum absolute atomic E-state index is 10.8. The summed E-state index contributed by atoms with van der Waals surface area (Å²) in [5, 5.41) is 31.8. The maximum atomic E-state index is 10.8. The Hall–Kier alpha value is -0.490. The molecule has 4 atom stereocenters. The van der Waals surface area contributed by atoms with Gasteiger partial charge in [-0.1, -0.05) is 23.9 Å². The fourth-order valence-corrected chi connectivity index (χ4v) is 4.48. The quantitative estimate of drug-likeness (QED) is 0.0677. The van der Waals surface area contributed by atoms with E-state index in [9.17, 15) is 34.7 Å². The Morgan fingerprint density at radius 1 is 1.14 bits per heavy atom. The van der Waals surface area contributed by atoms with Gasteiger partial charge >= 0.3 is 59.1 Å². The number of benzene rings is 1. The second kappa shape index (κ2) is 12.8. The van der Waals surface area contributed by atoms with Crippen molar-refractivity contribution in [3.8, 4) is 0 Å². The van der Waals surface area contributed by atoms with Crippen molar-refractivity contribution < 1.29 is 97.9 Å². The predicted octanol–water partition coefficient (Wildman–Crippen LogP) is -6.50. The van der Waals surface area contributed by atoms with Crippen molar-refractivity contribution in [2.45, 2.75) is 35.3 Å². The Morgan fingerprint density at radius 2 is 1.83 bits per heavy atom. The van der Waals surface area contributed by atoms with Gasteiger partial charge in [-0.05, 0) is 5.56 Å². The number of phosphoric ester groups is 1. The van der Waals surface area contributed by atoms with Crippen LogP contribution in [-0.2, 0) is 19.6 Å². The normalized spacial score (nSPS) is 21.9. The SMILES string of the molecule is O=[N+]([O-])c1ccc(CSc2ncnc3c2ncn3[C@@H]2O[C@H](COP(=O)([O-])[O-])[C@H](O)C2O)cc1.[Na+].[Na+]. The van der Waals surface area contributed by atoms with Gasteiger partial charge in [-0.2, -0.15) is 0 Å². The Kier molecular flexibility index (Phi) is 11.3. The van der Waals surface area contributed by atoms with Crippen molar-refractivity contribution in [1.82, 2.24) is 19.5 Å². The molecule has 1 fully saturated rings. The molecule has 3 heterocycles. The number of hydrogen-bond donors (Lipinski definition) is 2. The third-order valence-electron chi connectivity index (χ3n) is 4.86. The molecular formula is C17H16N5Na2O9PS. The number of ether oxygens (including phenoxy) is 1. The molecule has 3 aromatic rings. The summed E-state index contributed by atoms with van der Waals surface area (Å²) in [5.41, 5.74) is 1.48. The van der Waals surface area contributed by atoms with E-state index >= 15 is 0 Å². The molecule has 176 valence electrons. The minimum absolute atomic E-state index is 0. The first-order valence-electron chi connectivity index (χ1n) is 9.36. The zero-order valence-corrected chi connectivity index (χ0v) is 24.2. The van der Waals surface area contributed by atoms with Crippen LogP contribution in [0.2, 0.25) is 0 Å². The number of rotatable bonds is 8. The molecule has 0 aliphatic carbocycles. The monoisotopic (exact) mass is 543 g/mol. The van der Waals surface area contributed by atoms with Gasteiger partial charge < -0.3 is 33.8 Å². The molecule has 1 aliphatic rings. The second-order valence-electron chi connectivity index (χ2n) is 7.00. The Bertz CT molecular complexity index is 1210. The molecule has 1 saturated heterocycles. The third kappa shape index (κ3) is 7.30. The molecule has 18 heteroatoms. The van der Waals surface area contributed by atoms with E-state index in [1.807, 2.05) is 0 Å². The zero-order valence-electron chi connectivity index (χ0n) is 18.5. The summed E-state index contributed by atoms with van der Waals surface area (Å²) in [6, 6.07) is 6.08. The summed E-state index contributed by atoms with van der Waals surface area (Å²) in [6.07, 6.45) is -2.82. The van der Waals surface area contributed by atoms with E-state index < -0.39 is 43.9 Å². The molecule has 2 N–H and O–H groups in total. The minimum atomic E-state index is -5.28. The molecule has 14 nitrogen and oxygen atoms in total. The average molecular weight is 543 g/mol. The van der Waals surface area contributed by atoms with Crippen molar-refractivity contribution in [2.75, 3.05) is 6.61 Å². The maximum Gasteiger partial charge on any atom is 1.00 e. The van der Waals surface area contributed by atoms with Crippen LogP contribution in [0.15, 0.2) is 41.9 Å². The van der Waals surface area contributed by atoms with Crippen molar-refractivity contribution in [3.63, 3.8) is 0 Å². The third-order valence-corrected chi connectivity index (χ3v) is 6.37. The number of aromatic nitrogens is 4. The Balaban J connectivity index is 0.00000216. The molecule has 0 amide bonds. The van der Waals surface area contributed by atoms with Crippen LogP contribution in [0.1, 0.15) is 11.8 Å². The number of nitro groups is 1. The van der Waals surface area contributed by atoms with Crippen molar-refractivity contribution in [3.05, 3.63) is 52.6 Å².